The molecule has 0 aliphatic carbocycles. The summed E-state index contributed by atoms with van der Waals surface area (Å²) in [7, 11) is 0. The molecule has 114 valence electrons. The van der Waals surface area contributed by atoms with Gasteiger partial charge >= 0.3 is 0 Å². The zero-order chi connectivity index (χ0) is 14.3. The fourth-order valence-electron chi connectivity index (χ4n) is 2.58. The van der Waals surface area contributed by atoms with Crippen LogP contribution in [0.5, 0.6) is 0 Å². The Balaban J connectivity index is 0.00000161. The highest BCUT2D eigenvalue weighted by atomic mass is 79.9. The minimum atomic E-state index is -0.601. The molecule has 1 saturated heterocycles. The molecule has 0 saturated carbocycles. The maximum absolute atomic E-state index is 14.2. The molecule has 1 aliphatic rings. The number of hydrogen-bond acceptors (Lipinski definition) is 3. The van der Waals surface area contributed by atoms with Gasteiger partial charge in [0.05, 0.1) is 26.8 Å². The lowest BCUT2D eigenvalue weighted by molar-refractivity contribution is 0.582. The summed E-state index contributed by atoms with van der Waals surface area (Å²) in [5.74, 6) is -1.17. The van der Waals surface area contributed by atoms with Crippen LogP contribution in [0.4, 0.5) is 14.5 Å². The Morgan fingerprint density at radius 3 is 2.57 bits per heavy atom. The van der Waals surface area contributed by atoms with Crippen LogP contribution in [0.2, 0.25) is 0 Å². The van der Waals surface area contributed by atoms with Gasteiger partial charge in [-0.1, -0.05) is 0 Å². The van der Waals surface area contributed by atoms with E-state index < -0.39 is 11.6 Å². The smallest absolute Gasteiger partial charge is 0.137 e. The molecule has 3 rings (SSSR count). The highest BCUT2D eigenvalue weighted by Crippen LogP contribution is 2.37. The summed E-state index contributed by atoms with van der Waals surface area (Å²) in [6.07, 6.45) is 0. The maximum atomic E-state index is 14.2. The van der Waals surface area contributed by atoms with Gasteiger partial charge in [0.15, 0.2) is 0 Å². The minimum Gasteiger partial charge on any atom is -0.367 e. The average molecular weight is 379 g/mol. The summed E-state index contributed by atoms with van der Waals surface area (Å²) >= 11 is 3.50. The molecule has 1 N–H and O–H groups in total. The van der Waals surface area contributed by atoms with Crippen LogP contribution >= 0.6 is 28.3 Å². The van der Waals surface area contributed by atoms with E-state index in [1.807, 2.05) is 6.92 Å². The number of anilines is 1. The number of pyridine rings is 1. The van der Waals surface area contributed by atoms with Gasteiger partial charge in [-0.3, -0.25) is 4.98 Å². The lowest BCUT2D eigenvalue weighted by atomic mass is 10.1. The van der Waals surface area contributed by atoms with E-state index in [-0.39, 0.29) is 12.4 Å². The molecule has 0 atom stereocenters. The van der Waals surface area contributed by atoms with Gasteiger partial charge in [-0.15, -0.1) is 12.4 Å². The molecule has 0 spiro atoms. The molecule has 1 aromatic carbocycles. The second-order valence-corrected chi connectivity index (χ2v) is 5.67. The molecule has 0 bridgehead atoms. The molecular formula is C14H15BrClF2N3. The Morgan fingerprint density at radius 1 is 1.24 bits per heavy atom. The first-order valence-electron chi connectivity index (χ1n) is 6.48. The van der Waals surface area contributed by atoms with Crippen LogP contribution in [0.3, 0.4) is 0 Å². The second kappa shape index (κ2) is 6.42. The summed E-state index contributed by atoms with van der Waals surface area (Å²) in [5.41, 5.74) is 1.86. The summed E-state index contributed by atoms with van der Waals surface area (Å²) in [6.45, 7) is 5.09. The molecule has 7 heteroatoms. The van der Waals surface area contributed by atoms with Crippen molar-refractivity contribution in [2.75, 3.05) is 31.1 Å². The van der Waals surface area contributed by atoms with Gasteiger partial charge in [0.1, 0.15) is 11.6 Å². The normalized spacial score (nSPS) is 15.1. The highest BCUT2D eigenvalue weighted by Gasteiger charge is 2.21. The largest absolute Gasteiger partial charge is 0.367 e. The molecule has 2 aromatic rings. The van der Waals surface area contributed by atoms with Crippen LogP contribution < -0.4 is 10.2 Å². The highest BCUT2D eigenvalue weighted by molar-refractivity contribution is 9.10. The van der Waals surface area contributed by atoms with Gasteiger partial charge in [0.25, 0.3) is 0 Å². The number of benzene rings is 1. The van der Waals surface area contributed by atoms with Gasteiger partial charge in [0, 0.05) is 38.3 Å². The van der Waals surface area contributed by atoms with Crippen molar-refractivity contribution in [3.05, 3.63) is 33.9 Å². The van der Waals surface area contributed by atoms with Gasteiger partial charge in [-0.25, -0.2) is 8.78 Å². The Hall–Kier alpha value is -0.980. The summed E-state index contributed by atoms with van der Waals surface area (Å²) < 4.78 is 28.4. The van der Waals surface area contributed by atoms with E-state index in [9.17, 15) is 8.78 Å². The van der Waals surface area contributed by atoms with E-state index in [1.54, 1.807) is 0 Å². The topological polar surface area (TPSA) is 28.2 Å². The standard InChI is InChI=1S/C14H14BrF2N3.ClH/c1-8-13(15)14(20-4-2-18-3-5-20)12-10(17)6-9(16)7-11(12)19-8;/h6-7,18H,2-5H2,1H3;1H. The third-order valence-corrected chi connectivity index (χ3v) is 4.47. The summed E-state index contributed by atoms with van der Waals surface area (Å²) in [6, 6.07) is 2.20. The molecule has 2 heterocycles. The lowest BCUT2D eigenvalue weighted by Crippen LogP contribution is -2.43. The first-order valence-corrected chi connectivity index (χ1v) is 7.28. The van der Waals surface area contributed by atoms with Crippen molar-refractivity contribution in [1.29, 1.82) is 0 Å². The van der Waals surface area contributed by atoms with Gasteiger partial charge in [-0.2, -0.15) is 0 Å². The molecule has 0 unspecified atom stereocenters. The molecule has 1 fully saturated rings. The van der Waals surface area contributed by atoms with Crippen molar-refractivity contribution in [1.82, 2.24) is 10.3 Å². The van der Waals surface area contributed by atoms with Gasteiger partial charge in [-0.05, 0) is 22.9 Å². The number of halogens is 4. The number of nitrogens with zero attached hydrogens (tertiary/aromatic N) is 2. The number of hydrogen-bond donors (Lipinski definition) is 1. The van der Waals surface area contributed by atoms with E-state index in [2.05, 4.69) is 31.1 Å². The first-order chi connectivity index (χ1) is 9.58. The minimum absolute atomic E-state index is 0. The number of piperazine rings is 1. The molecule has 3 nitrogen and oxygen atoms in total. The fraction of sp³-hybridized carbons (Fsp3) is 0.357. The summed E-state index contributed by atoms with van der Waals surface area (Å²) in [5, 5.41) is 3.64. The van der Waals surface area contributed by atoms with Crippen molar-refractivity contribution in [3.8, 4) is 0 Å². The van der Waals surface area contributed by atoms with Crippen LogP contribution in [-0.4, -0.2) is 31.2 Å². The Bertz CT molecular complexity index is 675. The SMILES string of the molecule is Cc1nc2cc(F)cc(F)c2c(N2CCNCC2)c1Br.Cl. The monoisotopic (exact) mass is 377 g/mol. The van der Waals surface area contributed by atoms with E-state index in [1.165, 1.54) is 6.07 Å². The fourth-order valence-corrected chi connectivity index (χ4v) is 3.12. The Morgan fingerprint density at radius 2 is 1.90 bits per heavy atom. The number of rotatable bonds is 1. The summed E-state index contributed by atoms with van der Waals surface area (Å²) in [4.78, 5) is 6.39. The van der Waals surface area contributed by atoms with Crippen molar-refractivity contribution in [2.24, 2.45) is 0 Å². The van der Waals surface area contributed by atoms with Crippen molar-refractivity contribution in [3.63, 3.8) is 0 Å². The number of nitrogens with one attached hydrogen (secondary N) is 1. The zero-order valence-electron chi connectivity index (χ0n) is 11.4. The average Bonchev–Trinajstić information content (AvgIpc) is 2.42. The Kier molecular flexibility index (Phi) is 5.01. The second-order valence-electron chi connectivity index (χ2n) is 4.88. The first kappa shape index (κ1) is 16.4. The van der Waals surface area contributed by atoms with E-state index in [0.717, 1.165) is 48.1 Å². The number of aromatic nitrogens is 1. The van der Waals surface area contributed by atoms with Gasteiger partial charge in [0.2, 0.25) is 0 Å². The molecular weight excluding hydrogens is 364 g/mol. The van der Waals surface area contributed by atoms with Crippen LogP contribution in [0, 0.1) is 18.6 Å². The van der Waals surface area contributed by atoms with Crippen LogP contribution in [0.15, 0.2) is 16.6 Å². The van der Waals surface area contributed by atoms with Crippen LogP contribution in [-0.2, 0) is 0 Å². The number of aryl methyl sites for hydroxylation is 1. The Labute approximate surface area is 136 Å². The third kappa shape index (κ3) is 2.98. The predicted octanol–water partition coefficient (Wildman–Crippen LogP) is 3.42. The zero-order valence-corrected chi connectivity index (χ0v) is 13.8. The maximum Gasteiger partial charge on any atom is 0.137 e. The van der Waals surface area contributed by atoms with Crippen LogP contribution in [0.25, 0.3) is 10.9 Å². The van der Waals surface area contributed by atoms with E-state index in [0.29, 0.717) is 10.9 Å². The molecule has 1 aromatic heterocycles. The quantitative estimate of drug-likeness (QED) is 0.824. The molecule has 0 radical (unpaired) electrons. The van der Waals surface area contributed by atoms with Crippen molar-refractivity contribution < 1.29 is 8.78 Å². The van der Waals surface area contributed by atoms with Crippen molar-refractivity contribution >= 4 is 44.9 Å². The molecule has 21 heavy (non-hydrogen) atoms. The lowest BCUT2D eigenvalue weighted by Gasteiger charge is -2.31. The molecule has 1 aliphatic heterocycles. The van der Waals surface area contributed by atoms with Crippen LogP contribution in [0.1, 0.15) is 5.69 Å². The van der Waals surface area contributed by atoms with E-state index >= 15 is 0 Å². The van der Waals surface area contributed by atoms with E-state index in [4.69, 9.17) is 0 Å². The molecule has 0 amide bonds. The number of fused-ring (bicyclic) bond motifs is 1. The van der Waals surface area contributed by atoms with Gasteiger partial charge < -0.3 is 10.2 Å². The predicted molar refractivity (Wildman–Crippen MR) is 86.4 cm³/mol. The van der Waals surface area contributed by atoms with Crippen molar-refractivity contribution in [2.45, 2.75) is 6.92 Å². The third-order valence-electron chi connectivity index (χ3n) is 3.52.